The van der Waals surface area contributed by atoms with Crippen LogP contribution in [0.5, 0.6) is 0 Å². The van der Waals surface area contributed by atoms with E-state index < -0.39 is 0 Å². The minimum Gasteiger partial charge on any atom is -0.111 e. The Kier molecular flexibility index (Phi) is 2.25. The van der Waals surface area contributed by atoms with E-state index in [0.29, 0.717) is 0 Å². The summed E-state index contributed by atoms with van der Waals surface area (Å²) in [5.74, 6) is 0. The van der Waals surface area contributed by atoms with Crippen LogP contribution in [0.4, 0.5) is 0 Å². The molecule has 0 amide bonds. The summed E-state index contributed by atoms with van der Waals surface area (Å²) in [4.78, 5) is 0. The summed E-state index contributed by atoms with van der Waals surface area (Å²) < 4.78 is 0. The van der Waals surface area contributed by atoms with Crippen molar-refractivity contribution in [2.45, 2.75) is 0 Å². The summed E-state index contributed by atoms with van der Waals surface area (Å²) in [7, 11) is 9.54. The second kappa shape index (κ2) is 2.25. The van der Waals surface area contributed by atoms with Crippen LogP contribution in [0.1, 0.15) is 0 Å². The Hall–Kier alpha value is -0.000130. The molecule has 0 aromatic rings. The van der Waals surface area contributed by atoms with Gasteiger partial charge in [-0.3, -0.25) is 0 Å². The molecule has 0 nitrogen and oxygen atoms in total. The van der Waals surface area contributed by atoms with Gasteiger partial charge in [0.25, 0.3) is 0 Å². The van der Waals surface area contributed by atoms with Crippen LogP contribution in [0.15, 0.2) is 5.37 Å². The molecule has 5 heavy (non-hydrogen) atoms. The van der Waals surface area contributed by atoms with Crippen LogP contribution in [0.2, 0.25) is 0 Å². The van der Waals surface area contributed by atoms with E-state index in [4.69, 9.17) is 15.7 Å². The molecule has 0 spiro atoms. The van der Waals surface area contributed by atoms with E-state index in [9.17, 15) is 0 Å². The first kappa shape index (κ1) is 5.00. The van der Waals surface area contributed by atoms with Crippen molar-refractivity contribution in [3.05, 3.63) is 5.37 Å². The first-order chi connectivity index (χ1) is 2.27. The Bertz CT molecular complexity index is 67.7. The van der Waals surface area contributed by atoms with E-state index in [-0.39, 0.29) is 5.37 Å². The molecule has 0 heterocycles. The van der Waals surface area contributed by atoms with E-state index in [1.807, 2.05) is 0 Å². The maximum Gasteiger partial charge on any atom is 0.105 e. The molecule has 0 rings (SSSR count). The Balaban J connectivity index is 3.60. The second-order valence-electron chi connectivity index (χ2n) is 0.557. The fourth-order valence-corrected chi connectivity index (χ4v) is 0. The zero-order valence-corrected chi connectivity index (χ0v) is 3.38. The van der Waals surface area contributed by atoms with Crippen LogP contribution in [0.25, 0.3) is 0 Å². The van der Waals surface area contributed by atoms with Crippen molar-refractivity contribution < 1.29 is 0 Å². The zero-order valence-electron chi connectivity index (χ0n) is 2.56. The van der Waals surface area contributed by atoms with E-state index in [1.165, 1.54) is 0 Å². The molecule has 0 aliphatic carbocycles. The number of thiocarbonyl (C=S) groups is 1. The summed E-state index contributed by atoms with van der Waals surface area (Å²) in [6.45, 7) is 0. The molecular weight excluding hydrogens is 77.7 g/mol. The fraction of sp³-hybridized carbons (Fsp3) is 0. The van der Waals surface area contributed by atoms with Gasteiger partial charge in [0.15, 0.2) is 0 Å². The summed E-state index contributed by atoms with van der Waals surface area (Å²) in [6.07, 6.45) is 0. The summed E-state index contributed by atoms with van der Waals surface area (Å²) in [5.41, 5.74) is 0. The van der Waals surface area contributed by atoms with Crippen molar-refractivity contribution >= 4 is 32.9 Å². The quantitative estimate of drug-likeness (QED) is 0.284. The molecule has 0 saturated heterocycles. The van der Waals surface area contributed by atoms with Gasteiger partial charge in [0, 0.05) is 0 Å². The number of rotatable bonds is 0. The standard InChI is InChI=1S/C2B2S/c3-2(4)1-5. The van der Waals surface area contributed by atoms with Crippen molar-refractivity contribution in [3.63, 3.8) is 0 Å². The highest BCUT2D eigenvalue weighted by molar-refractivity contribution is 7.78. The third kappa shape index (κ3) is 4.00. The molecule has 0 saturated carbocycles. The van der Waals surface area contributed by atoms with Crippen molar-refractivity contribution in [3.8, 4) is 0 Å². The Morgan fingerprint density at radius 3 is 1.80 bits per heavy atom. The first-order valence-electron chi connectivity index (χ1n) is 1.03. The minimum absolute atomic E-state index is 0.0694. The predicted molar refractivity (Wildman–Crippen MR) is 27.6 cm³/mol. The van der Waals surface area contributed by atoms with Gasteiger partial charge < -0.3 is 0 Å². The molecule has 0 unspecified atom stereocenters. The number of hydrogen-bond acceptors (Lipinski definition) is 1. The lowest BCUT2D eigenvalue weighted by Crippen LogP contribution is -1.73. The number of hydrogen-bond donors (Lipinski definition) is 0. The van der Waals surface area contributed by atoms with Gasteiger partial charge in [-0.05, 0) is 12.2 Å². The molecule has 20 valence electrons. The highest BCUT2D eigenvalue weighted by Crippen LogP contribution is 1.57. The third-order valence-electron chi connectivity index (χ3n) is 0.118. The molecule has 0 aliphatic heterocycles. The van der Waals surface area contributed by atoms with Crippen LogP contribution >= 0.6 is 12.2 Å². The second-order valence-corrected chi connectivity index (χ2v) is 0.762. The van der Waals surface area contributed by atoms with Crippen molar-refractivity contribution in [1.29, 1.82) is 0 Å². The van der Waals surface area contributed by atoms with Crippen molar-refractivity contribution in [1.82, 2.24) is 0 Å². The third-order valence-corrected chi connectivity index (χ3v) is 0.354. The van der Waals surface area contributed by atoms with Crippen LogP contribution in [0.3, 0.4) is 0 Å². The first-order valence-corrected chi connectivity index (χ1v) is 1.44. The summed E-state index contributed by atoms with van der Waals surface area (Å²) in [6, 6.07) is 0. The molecule has 4 radical (unpaired) electrons. The van der Waals surface area contributed by atoms with Gasteiger partial charge in [0.1, 0.15) is 15.7 Å². The molecule has 0 atom stereocenters. The average Bonchev–Trinajstić information content (AvgIpc) is 1.38. The monoisotopic (exact) mass is 78.0 g/mol. The molecule has 0 bridgehead atoms. The molecule has 0 N–H and O–H groups in total. The van der Waals surface area contributed by atoms with Crippen molar-refractivity contribution in [2.75, 3.05) is 0 Å². The molecule has 3 heteroatoms. The summed E-state index contributed by atoms with van der Waals surface area (Å²) >= 11 is 4.14. The maximum absolute atomic E-state index is 4.77. The topological polar surface area (TPSA) is 0 Å². The van der Waals surface area contributed by atoms with E-state index in [2.05, 4.69) is 17.2 Å². The van der Waals surface area contributed by atoms with Gasteiger partial charge in [-0.1, -0.05) is 5.02 Å². The van der Waals surface area contributed by atoms with Crippen LogP contribution < -0.4 is 0 Å². The Labute approximate surface area is 39.1 Å². The molecule has 0 aliphatic rings. The normalized spacial score (nSPS) is 5.60. The fourth-order valence-electron chi connectivity index (χ4n) is 0. The SMILES string of the molecule is [B]C([B])=C=S. The van der Waals surface area contributed by atoms with Crippen LogP contribution in [-0.2, 0) is 0 Å². The largest absolute Gasteiger partial charge is 0.111 e. The van der Waals surface area contributed by atoms with E-state index >= 15 is 0 Å². The average molecular weight is 77.7 g/mol. The van der Waals surface area contributed by atoms with Gasteiger partial charge >= 0.3 is 0 Å². The lowest BCUT2D eigenvalue weighted by Gasteiger charge is -1.65. The van der Waals surface area contributed by atoms with Gasteiger partial charge in [0.05, 0.1) is 0 Å². The van der Waals surface area contributed by atoms with Crippen LogP contribution in [-0.4, -0.2) is 20.7 Å². The minimum atomic E-state index is 0.0694. The van der Waals surface area contributed by atoms with E-state index in [1.54, 1.807) is 0 Å². The highest BCUT2D eigenvalue weighted by Gasteiger charge is 1.60. The van der Waals surface area contributed by atoms with Gasteiger partial charge in [-0.25, -0.2) is 0 Å². The van der Waals surface area contributed by atoms with E-state index in [0.717, 1.165) is 0 Å². The zero-order chi connectivity index (χ0) is 4.28. The molecule has 0 aromatic carbocycles. The van der Waals surface area contributed by atoms with Gasteiger partial charge in [-0.2, -0.15) is 0 Å². The lowest BCUT2D eigenvalue weighted by molar-refractivity contribution is 2.65. The van der Waals surface area contributed by atoms with Crippen LogP contribution in [0, 0.1) is 0 Å². The maximum atomic E-state index is 4.77. The highest BCUT2D eigenvalue weighted by atomic mass is 32.1. The molecular formula is C2B2S. The smallest absolute Gasteiger partial charge is 0.105 e. The van der Waals surface area contributed by atoms with Gasteiger partial charge in [-0.15, -0.1) is 5.37 Å². The molecule has 0 fully saturated rings. The Morgan fingerprint density at radius 2 is 1.80 bits per heavy atom. The lowest BCUT2D eigenvalue weighted by atomic mass is 9.80. The van der Waals surface area contributed by atoms with Crippen molar-refractivity contribution in [2.24, 2.45) is 0 Å². The Morgan fingerprint density at radius 1 is 1.60 bits per heavy atom. The molecule has 0 aromatic heterocycles. The summed E-state index contributed by atoms with van der Waals surface area (Å²) in [5, 5.41) is 2.15. The van der Waals surface area contributed by atoms with Gasteiger partial charge in [0.2, 0.25) is 0 Å². The predicted octanol–water partition coefficient (Wildman–Crippen LogP) is -0.237.